The Hall–Kier alpha value is -7.75. The number of esters is 1. The fourth-order valence-electron chi connectivity index (χ4n) is 18.6. The summed E-state index contributed by atoms with van der Waals surface area (Å²) in [7, 11) is -10.5. The van der Waals surface area contributed by atoms with Crippen molar-refractivity contribution in [2.45, 2.75) is 337 Å². The number of aromatic nitrogens is 12. The van der Waals surface area contributed by atoms with Crippen molar-refractivity contribution >= 4 is 111 Å². The van der Waals surface area contributed by atoms with Crippen molar-refractivity contribution in [2.24, 2.45) is 0 Å². The van der Waals surface area contributed by atoms with Crippen molar-refractivity contribution in [3.8, 4) is 0 Å². The van der Waals surface area contributed by atoms with Gasteiger partial charge in [-0.25, -0.2) is 60.0 Å². The van der Waals surface area contributed by atoms with Crippen molar-refractivity contribution in [3.63, 3.8) is 0 Å². The number of aryl methyl sites for hydroxylation is 6. The predicted octanol–water partition coefficient (Wildman–Crippen LogP) is 11.6. The number of carbonyl (C=O) groups is 3. The van der Waals surface area contributed by atoms with Crippen LogP contribution in [0.3, 0.4) is 0 Å². The average molecular weight is 2230 g/mol. The summed E-state index contributed by atoms with van der Waals surface area (Å²) in [6.45, 7) is 74.2. The van der Waals surface area contributed by atoms with Crippen molar-refractivity contribution in [1.82, 2.24) is 81.8 Å². The molecule has 1 amide bonds. The van der Waals surface area contributed by atoms with Gasteiger partial charge in [0.1, 0.15) is 72.5 Å². The van der Waals surface area contributed by atoms with Gasteiger partial charge >= 0.3 is 57.0 Å². The summed E-state index contributed by atoms with van der Waals surface area (Å²) in [6, 6.07) is 0. The van der Waals surface area contributed by atoms with E-state index in [1.54, 1.807) is 88.7 Å². The fourth-order valence-corrected chi connectivity index (χ4v) is 39.5. The van der Waals surface area contributed by atoms with Crippen LogP contribution in [0.1, 0.15) is 260 Å². The Labute approximate surface area is 875 Å². The zero-order valence-electron chi connectivity index (χ0n) is 94.2. The van der Waals surface area contributed by atoms with Gasteiger partial charge in [0, 0.05) is 115 Å². The highest BCUT2D eigenvalue weighted by molar-refractivity contribution is 7.88. The Balaban J connectivity index is 0.000000375. The first kappa shape index (κ1) is 132. The zero-order chi connectivity index (χ0) is 114. The summed E-state index contributed by atoms with van der Waals surface area (Å²) in [6.07, 6.45) is 3.47. The van der Waals surface area contributed by atoms with Crippen LogP contribution in [0.4, 0.5) is 0 Å². The number of imidazole rings is 6. The number of nitrogens with one attached hydrogen (secondary N) is 2. The minimum atomic E-state index is -4.19. The van der Waals surface area contributed by atoms with E-state index in [1.807, 2.05) is 6.92 Å². The van der Waals surface area contributed by atoms with E-state index in [4.69, 9.17) is 51.2 Å². The molecule has 840 valence electrons. The summed E-state index contributed by atoms with van der Waals surface area (Å²) in [5.74, 6) is -4.80. The highest BCUT2D eigenvalue weighted by Crippen LogP contribution is 2.51. The summed E-state index contributed by atoms with van der Waals surface area (Å²) in [4.78, 5) is 63.9. The highest BCUT2D eigenvalue weighted by atomic mass is 32.2. The molecule has 6 aromatic heterocycles. The number of fused-ring (bicyclic) bond motifs is 2. The fraction of sp³-hybridized carbons (Fsp3) is 0.710. The van der Waals surface area contributed by atoms with E-state index in [-0.39, 0.29) is 121 Å². The van der Waals surface area contributed by atoms with Crippen LogP contribution in [-0.4, -0.2) is 328 Å². The minimum Gasteiger partial charge on any atom is -0.541 e. The van der Waals surface area contributed by atoms with Gasteiger partial charge in [-0.3, -0.25) is 14.4 Å². The minimum absolute atomic E-state index is 0.00722. The van der Waals surface area contributed by atoms with E-state index in [2.05, 4.69) is 190 Å². The molecule has 5 aliphatic heterocycles. The number of aromatic amines is 1. The van der Waals surface area contributed by atoms with E-state index in [0.29, 0.717) is 46.1 Å². The van der Waals surface area contributed by atoms with Gasteiger partial charge in [-0.1, -0.05) is 144 Å². The maximum Gasteiger partial charge on any atom is 0.338 e. The molecule has 0 radical (unpaired) electrons. The molecule has 5 fully saturated rings. The van der Waals surface area contributed by atoms with Crippen molar-refractivity contribution < 1.29 is 128 Å². The largest absolute Gasteiger partial charge is 0.541 e. The van der Waals surface area contributed by atoms with Crippen LogP contribution < -0.4 is 5.48 Å². The number of hydrogen-bond donors (Lipinski definition) is 5. The molecule has 0 bridgehead atoms. The number of aliphatic hydroxyl groups is 3. The lowest BCUT2D eigenvalue weighted by molar-refractivity contribution is -0.268. The van der Waals surface area contributed by atoms with Gasteiger partial charge in [0.25, 0.3) is 25.0 Å². The lowest BCUT2D eigenvalue weighted by atomic mass is 10.0. The molecule has 5 N–H and O–H groups in total. The summed E-state index contributed by atoms with van der Waals surface area (Å²) < 4.78 is 201. The molecular weight excluding hydrogens is 2060 g/mol. The van der Waals surface area contributed by atoms with E-state index in [9.17, 15) is 71.8 Å². The second-order valence-electron chi connectivity index (χ2n) is 41.4. The predicted molar refractivity (Wildman–Crippen MR) is 567 cm³/mol. The number of ketones is 1. The smallest absolute Gasteiger partial charge is 0.338 e. The number of Topliss-reactive ketones (excluding diaryl/α,β-unsaturated/α-hetero) is 1. The molecule has 0 aliphatic carbocycles. The van der Waals surface area contributed by atoms with Crippen LogP contribution in [-0.2, 0) is 122 Å². The van der Waals surface area contributed by atoms with Crippen LogP contribution in [0, 0.1) is 41.5 Å². The molecular formula is C93H168N18O28S5Si3. The second-order valence-corrected chi connectivity index (χ2v) is 67.6. The third kappa shape index (κ3) is 30.3. The van der Waals surface area contributed by atoms with Crippen LogP contribution in [0.15, 0.2) is 57.2 Å². The van der Waals surface area contributed by atoms with E-state index in [1.165, 1.54) is 116 Å². The first-order chi connectivity index (χ1) is 66.9. The molecule has 11 rings (SSSR count). The maximum absolute atomic E-state index is 13.7. The Kier molecular flexibility index (Phi) is 45.9. The van der Waals surface area contributed by atoms with Crippen LogP contribution in [0.25, 0.3) is 17.3 Å². The average Bonchev–Trinajstić information content (AvgIpc) is 1.55. The number of hydroxylamine groups is 1. The Morgan fingerprint density at radius 2 is 0.891 bits per heavy atom. The molecule has 1 unspecified atom stereocenters. The highest BCUT2D eigenvalue weighted by Gasteiger charge is 2.63. The number of carbonyl (C=O) groups excluding carboxylic acids is 3. The monoisotopic (exact) mass is 2230 g/mol. The number of nitrogens with zero attached hydrogens (tertiary/aromatic N) is 16. The molecule has 6 aromatic rings. The van der Waals surface area contributed by atoms with Gasteiger partial charge in [-0.2, -0.15) is 63.6 Å². The van der Waals surface area contributed by atoms with Gasteiger partial charge in [0.15, 0.2) is 52.5 Å². The van der Waals surface area contributed by atoms with Crippen molar-refractivity contribution in [2.75, 3.05) is 97.4 Å². The first-order valence-corrected chi connectivity index (χ1v) is 61.6. The second kappa shape index (κ2) is 51.3. The van der Waals surface area contributed by atoms with E-state index < -0.39 is 142 Å². The zero-order valence-corrected chi connectivity index (χ0v) is 101. The lowest BCUT2D eigenvalue weighted by Gasteiger charge is -2.42. The molecule has 5 aliphatic rings. The number of amides is 1. The van der Waals surface area contributed by atoms with Gasteiger partial charge in [0.2, 0.25) is 11.7 Å². The molecule has 0 aromatic carbocycles. The maximum atomic E-state index is 13.7. The van der Waals surface area contributed by atoms with Gasteiger partial charge in [-0.05, 0) is 133 Å². The van der Waals surface area contributed by atoms with Crippen LogP contribution >= 0.6 is 0 Å². The molecule has 54 heteroatoms. The number of rotatable bonds is 34. The Morgan fingerprint density at radius 1 is 0.510 bits per heavy atom. The number of cyclic esters (lactones) is 1. The molecule has 5 saturated heterocycles. The Bertz CT molecular complexity index is 5990. The lowest BCUT2D eigenvalue weighted by Crippen LogP contribution is -2.47. The number of hydrogen-bond acceptors (Lipinski definition) is 34. The molecule has 46 nitrogen and oxygen atoms in total. The van der Waals surface area contributed by atoms with E-state index >= 15 is 0 Å². The molecule has 11 heterocycles. The Morgan fingerprint density at radius 3 is 1.24 bits per heavy atom. The quantitative estimate of drug-likeness (QED) is 0.00823. The SMILES string of the molecule is C=C(O[Si](C(C)C)(C(C)C)C(C)C)c1nc(C)c(C2(O)OC[C@H]3OC(C)(C)O[C@H]32)n1S(=O)(=O)N(C)C.C=C(O[Si](C(C)C)(C(C)C)C(C)C)c1nc(C)c([C@@H](O)[C@@H]2OC(C)(C)O[C@@H]2CO)n1S(=O)(=O)N(C)C.C=C(O[Si](C(C)C)(C(C)C)C(C)C)c1nc(C)cn1S(=O)(=O)N(C)C.CC(=O)c1nc(C)cn1S(=O)(=O)N(C)C.CC1(C)O[C@@H]2COC(=O)[C@@H]2O1.CONC(C)=O.Cc1cn(S(=O)(=O)N(C)C)cn1.Cc1cnc[nH]1. The number of ether oxygens (including phenoxy) is 8. The first-order valence-electron chi connectivity index (χ1n) is 48.2. The van der Waals surface area contributed by atoms with Gasteiger partial charge in [0.05, 0.1) is 60.8 Å². The van der Waals surface area contributed by atoms with Gasteiger partial charge in [-0.15, -0.1) is 0 Å². The standard InChI is InChI=1S/C24H43N3O7SSi.C24H45N3O7SSi.C17H33N3O3SSi.C8H13N3O3S.C7H10O4.C6H11N3O2S.C4H6N2.C3H7NO2/c1-14(2)36(15(3)4,16(5)6)34-18(8)22-25-17(7)20(27(22)35(29,30)26(11)12)24(28)21-19(13-31-24)32-23(9,10)33-21;1-14(2)36(15(3)4,16(5)6)34-18(8)23-25-17(7)20(27(23)35(30,31)26(11)12)21(29)22-19(13-28)32-24(9,10)33-22;1-12(2)25(13(3)4,14(5)6)23-16(8)17-18-15(7)11-20(17)24(21,22)19(9)10;1-6-5-11(8(9-6)7(2)12)15(13,14)10(3)4;1-7(2)10-4-3-9-6(8)5(4)11-7;1-6-4-9(5-7-6)12(10,11)8(2)3;1-4-2-5-3-6-4;1-3(5)4-6-2/h14-16,19,21,28H,8,13H2,1-7,9-12H3;14-16,19,21-22,28-29H,8,13H2,1-7,9-12H3;11-14H,8H2,1-7,9-10H3;5H,1-4H3;4-5H,3H2,1-2H3;4-5H,1-3H3;2-3H,1H3,(H,5,6);1-2H3,(H,4,5)/t19-,21-,24?;19-,21-,22-;;;4-,5-;;;/m11..1.../s1. The van der Waals surface area contributed by atoms with Crippen molar-refractivity contribution in [3.05, 3.63) is 126 Å². The summed E-state index contributed by atoms with van der Waals surface area (Å²) in [5, 5.41) is 33.1. The number of H-pyrrole nitrogens is 1. The van der Waals surface area contributed by atoms with Crippen molar-refractivity contribution in [1.29, 1.82) is 0 Å². The molecule has 0 saturated carbocycles. The van der Waals surface area contributed by atoms with Crippen LogP contribution in [0.2, 0.25) is 49.9 Å². The topological polar surface area (TPSA) is 539 Å². The summed E-state index contributed by atoms with van der Waals surface area (Å²) >= 11 is 0. The third-order valence-electron chi connectivity index (χ3n) is 25.0. The molecule has 147 heavy (non-hydrogen) atoms. The normalized spacial score (nSPS) is 20.0. The van der Waals surface area contributed by atoms with Crippen LogP contribution in [0.5, 0.6) is 0 Å². The molecule has 8 atom stereocenters. The third-order valence-corrected chi connectivity index (χ3v) is 51.6. The molecule has 0 spiro atoms. The van der Waals surface area contributed by atoms with E-state index in [0.717, 1.165) is 47.1 Å². The van der Waals surface area contributed by atoms with Gasteiger partial charge < -0.3 is 71.5 Å². The number of aliphatic hydroxyl groups excluding tert-OH is 2. The summed E-state index contributed by atoms with van der Waals surface area (Å²) in [5.41, 5.74) is 7.94.